The molecule has 0 amide bonds. The van der Waals surface area contributed by atoms with Crippen molar-refractivity contribution in [3.8, 4) is 0 Å². The molecule has 2 aliphatic heterocycles. The maximum atomic E-state index is 5.50. The molecule has 4 heteroatoms. The third-order valence-electron chi connectivity index (χ3n) is 3.96. The van der Waals surface area contributed by atoms with Crippen LogP contribution in [0.3, 0.4) is 0 Å². The molecule has 2 heterocycles. The molecule has 0 aliphatic carbocycles. The van der Waals surface area contributed by atoms with Gasteiger partial charge in [0.05, 0.1) is 13.2 Å². The van der Waals surface area contributed by atoms with Gasteiger partial charge in [-0.15, -0.1) is 0 Å². The molecule has 2 fully saturated rings. The zero-order valence-corrected chi connectivity index (χ0v) is 11.3. The molecule has 0 aromatic heterocycles. The maximum absolute atomic E-state index is 5.50. The Morgan fingerprint density at radius 2 is 2.29 bits per heavy atom. The highest BCUT2D eigenvalue weighted by Crippen LogP contribution is 2.17. The van der Waals surface area contributed by atoms with Crippen molar-refractivity contribution in [2.24, 2.45) is 0 Å². The van der Waals surface area contributed by atoms with Gasteiger partial charge in [-0.2, -0.15) is 0 Å². The lowest BCUT2D eigenvalue weighted by molar-refractivity contribution is 0.0620. The van der Waals surface area contributed by atoms with Gasteiger partial charge >= 0.3 is 0 Å². The Bertz CT molecular complexity index is 219. The molecule has 0 aromatic rings. The summed E-state index contributed by atoms with van der Waals surface area (Å²) < 4.78 is 5.50. The minimum atomic E-state index is 0.519. The summed E-state index contributed by atoms with van der Waals surface area (Å²) in [7, 11) is 2.24. The van der Waals surface area contributed by atoms with E-state index in [2.05, 4.69) is 29.1 Å². The van der Waals surface area contributed by atoms with E-state index < -0.39 is 0 Å². The number of likely N-dealkylation sites (tertiary alicyclic amines) is 1. The number of hydrogen-bond donors (Lipinski definition) is 1. The van der Waals surface area contributed by atoms with Crippen LogP contribution >= 0.6 is 0 Å². The van der Waals surface area contributed by atoms with Crippen LogP contribution < -0.4 is 5.32 Å². The van der Waals surface area contributed by atoms with Gasteiger partial charge in [0.2, 0.25) is 0 Å². The average Bonchev–Trinajstić information content (AvgIpc) is 2.77. The van der Waals surface area contributed by atoms with E-state index in [0.717, 1.165) is 32.3 Å². The van der Waals surface area contributed by atoms with Crippen LogP contribution in [0.5, 0.6) is 0 Å². The van der Waals surface area contributed by atoms with Gasteiger partial charge in [0, 0.05) is 31.7 Å². The molecule has 0 aromatic carbocycles. The summed E-state index contributed by atoms with van der Waals surface area (Å²) in [5.41, 5.74) is 0. The second kappa shape index (κ2) is 6.69. The van der Waals surface area contributed by atoms with Crippen LogP contribution in [-0.4, -0.2) is 74.9 Å². The first-order chi connectivity index (χ1) is 8.29. The smallest absolute Gasteiger partial charge is 0.0632 e. The van der Waals surface area contributed by atoms with Gasteiger partial charge in [0.25, 0.3) is 0 Å². The predicted octanol–water partition coefficient (Wildman–Crippen LogP) is 0.391. The maximum Gasteiger partial charge on any atom is 0.0632 e. The Morgan fingerprint density at radius 3 is 3.00 bits per heavy atom. The van der Waals surface area contributed by atoms with Crippen molar-refractivity contribution in [2.45, 2.75) is 31.8 Å². The SMILES string of the molecule is CCN1CCCC1CN(C)CC1COCCN1. The lowest BCUT2D eigenvalue weighted by atomic mass is 10.2. The van der Waals surface area contributed by atoms with Gasteiger partial charge in [0.15, 0.2) is 0 Å². The van der Waals surface area contributed by atoms with Crippen molar-refractivity contribution in [1.29, 1.82) is 0 Å². The van der Waals surface area contributed by atoms with Crippen molar-refractivity contribution in [2.75, 3.05) is 53.0 Å². The molecule has 2 rings (SSSR count). The summed E-state index contributed by atoms with van der Waals surface area (Å²) in [4.78, 5) is 5.08. The summed E-state index contributed by atoms with van der Waals surface area (Å²) >= 11 is 0. The van der Waals surface area contributed by atoms with Crippen molar-refractivity contribution in [1.82, 2.24) is 15.1 Å². The highest BCUT2D eigenvalue weighted by molar-refractivity contribution is 4.82. The molecule has 2 unspecified atom stereocenters. The lowest BCUT2D eigenvalue weighted by Gasteiger charge is -2.31. The summed E-state index contributed by atoms with van der Waals surface area (Å²) in [5, 5.41) is 3.52. The molecule has 100 valence electrons. The summed E-state index contributed by atoms with van der Waals surface area (Å²) in [6, 6.07) is 1.29. The molecule has 0 spiro atoms. The monoisotopic (exact) mass is 241 g/mol. The number of hydrogen-bond acceptors (Lipinski definition) is 4. The Hall–Kier alpha value is -0.160. The van der Waals surface area contributed by atoms with E-state index in [1.165, 1.54) is 32.5 Å². The molecular weight excluding hydrogens is 214 g/mol. The van der Waals surface area contributed by atoms with Gasteiger partial charge in [-0.3, -0.25) is 4.90 Å². The summed E-state index contributed by atoms with van der Waals surface area (Å²) in [6.45, 7) is 9.81. The van der Waals surface area contributed by atoms with Crippen LogP contribution in [0.25, 0.3) is 0 Å². The predicted molar refractivity (Wildman–Crippen MR) is 70.4 cm³/mol. The number of morpholine rings is 1. The van der Waals surface area contributed by atoms with Gasteiger partial charge in [-0.1, -0.05) is 6.92 Å². The fourth-order valence-corrected chi connectivity index (χ4v) is 3.07. The highest BCUT2D eigenvalue weighted by Gasteiger charge is 2.25. The number of ether oxygens (including phenoxy) is 1. The third kappa shape index (κ3) is 3.91. The first-order valence-corrected chi connectivity index (χ1v) is 7.03. The highest BCUT2D eigenvalue weighted by atomic mass is 16.5. The Labute approximate surface area is 105 Å². The molecule has 0 saturated carbocycles. The van der Waals surface area contributed by atoms with Crippen LogP contribution in [0.1, 0.15) is 19.8 Å². The standard InChI is InChI=1S/C13H27N3O/c1-3-16-7-4-5-13(16)10-15(2)9-12-11-17-8-6-14-12/h12-14H,3-11H2,1-2H3. The lowest BCUT2D eigenvalue weighted by Crippen LogP contribution is -2.49. The zero-order chi connectivity index (χ0) is 12.1. The van der Waals surface area contributed by atoms with Crippen LogP contribution in [0.2, 0.25) is 0 Å². The Kier molecular flexibility index (Phi) is 5.22. The Morgan fingerprint density at radius 1 is 1.41 bits per heavy atom. The molecular formula is C13H27N3O. The topological polar surface area (TPSA) is 27.7 Å². The van der Waals surface area contributed by atoms with Crippen molar-refractivity contribution >= 4 is 0 Å². The van der Waals surface area contributed by atoms with Gasteiger partial charge in [-0.25, -0.2) is 0 Å². The van der Waals surface area contributed by atoms with Crippen LogP contribution in [0.15, 0.2) is 0 Å². The van der Waals surface area contributed by atoms with Crippen LogP contribution in [0.4, 0.5) is 0 Å². The van der Waals surface area contributed by atoms with Crippen LogP contribution in [-0.2, 0) is 4.74 Å². The van der Waals surface area contributed by atoms with E-state index in [-0.39, 0.29) is 0 Å². The quantitative estimate of drug-likeness (QED) is 0.754. The van der Waals surface area contributed by atoms with E-state index >= 15 is 0 Å². The van der Waals surface area contributed by atoms with E-state index in [9.17, 15) is 0 Å². The van der Waals surface area contributed by atoms with Crippen molar-refractivity contribution in [3.05, 3.63) is 0 Å². The minimum absolute atomic E-state index is 0.519. The first kappa shape index (κ1) is 13.3. The molecule has 17 heavy (non-hydrogen) atoms. The fraction of sp³-hybridized carbons (Fsp3) is 1.00. The van der Waals surface area contributed by atoms with Gasteiger partial charge < -0.3 is 15.0 Å². The number of nitrogens with one attached hydrogen (secondary N) is 1. The Balaban J connectivity index is 1.70. The largest absolute Gasteiger partial charge is 0.378 e. The van der Waals surface area contributed by atoms with Crippen molar-refractivity contribution < 1.29 is 4.74 Å². The second-order valence-electron chi connectivity index (χ2n) is 5.37. The molecule has 1 N–H and O–H groups in total. The molecule has 2 saturated heterocycles. The van der Waals surface area contributed by atoms with E-state index in [1.54, 1.807) is 0 Å². The molecule has 0 radical (unpaired) electrons. The molecule has 0 bridgehead atoms. The normalized spacial score (nSPS) is 31.2. The number of nitrogens with zero attached hydrogens (tertiary/aromatic N) is 2. The third-order valence-corrected chi connectivity index (χ3v) is 3.96. The zero-order valence-electron chi connectivity index (χ0n) is 11.3. The molecule has 2 aliphatic rings. The second-order valence-corrected chi connectivity index (χ2v) is 5.37. The van der Waals surface area contributed by atoms with Crippen molar-refractivity contribution in [3.63, 3.8) is 0 Å². The number of rotatable bonds is 5. The summed E-state index contributed by atoms with van der Waals surface area (Å²) in [6.07, 6.45) is 2.74. The van der Waals surface area contributed by atoms with E-state index in [4.69, 9.17) is 4.74 Å². The average molecular weight is 241 g/mol. The first-order valence-electron chi connectivity index (χ1n) is 7.03. The van der Waals surface area contributed by atoms with Gasteiger partial charge in [-0.05, 0) is 33.0 Å². The molecule has 4 nitrogen and oxygen atoms in total. The summed E-state index contributed by atoms with van der Waals surface area (Å²) in [5.74, 6) is 0. The van der Waals surface area contributed by atoms with Crippen LogP contribution in [0, 0.1) is 0 Å². The van der Waals surface area contributed by atoms with Gasteiger partial charge in [0.1, 0.15) is 0 Å². The van der Waals surface area contributed by atoms with E-state index in [1.807, 2.05) is 0 Å². The number of likely N-dealkylation sites (N-methyl/N-ethyl adjacent to an activating group) is 2. The minimum Gasteiger partial charge on any atom is -0.378 e. The fourth-order valence-electron chi connectivity index (χ4n) is 3.07. The van der Waals surface area contributed by atoms with E-state index in [0.29, 0.717) is 6.04 Å². The molecule has 2 atom stereocenters.